The molecule has 0 aliphatic rings. The molecule has 0 unspecified atom stereocenters. The zero-order valence-corrected chi connectivity index (χ0v) is 19.5. The van der Waals surface area contributed by atoms with E-state index in [9.17, 15) is 9.59 Å². The minimum absolute atomic E-state index is 0.132. The maximum Gasteiger partial charge on any atom is 0.279 e. The van der Waals surface area contributed by atoms with Gasteiger partial charge >= 0.3 is 0 Å². The fourth-order valence-electron chi connectivity index (χ4n) is 3.14. The third-order valence-corrected chi connectivity index (χ3v) is 5.77. The van der Waals surface area contributed by atoms with Crippen LogP contribution in [0.1, 0.15) is 44.0 Å². The lowest BCUT2D eigenvalue weighted by molar-refractivity contribution is -0.114. The largest absolute Gasteiger partial charge is 0.494 e. The Labute approximate surface area is 191 Å². The molecule has 32 heavy (non-hydrogen) atoms. The molecule has 1 aromatic heterocycles. The number of hydrogen-bond donors (Lipinski definition) is 1. The van der Waals surface area contributed by atoms with Gasteiger partial charge in [0.2, 0.25) is 5.91 Å². The molecule has 0 bridgehead atoms. The minimum atomic E-state index is -0.316. The second-order valence-corrected chi connectivity index (χ2v) is 8.25. The maximum absolute atomic E-state index is 12.9. The van der Waals surface area contributed by atoms with Crippen molar-refractivity contribution >= 4 is 39.1 Å². The molecule has 8 heteroatoms. The second-order valence-electron chi connectivity index (χ2n) is 7.24. The quantitative estimate of drug-likeness (QED) is 0.452. The van der Waals surface area contributed by atoms with Gasteiger partial charge in [0.1, 0.15) is 5.75 Å². The van der Waals surface area contributed by atoms with Crippen molar-refractivity contribution in [2.24, 2.45) is 4.99 Å². The minimum Gasteiger partial charge on any atom is -0.494 e. The first-order chi connectivity index (χ1) is 15.5. The molecule has 0 spiro atoms. The van der Waals surface area contributed by atoms with Crippen molar-refractivity contribution in [3.63, 3.8) is 0 Å². The van der Waals surface area contributed by atoms with Gasteiger partial charge in [0.15, 0.2) is 4.80 Å². The summed E-state index contributed by atoms with van der Waals surface area (Å²) in [7, 11) is 0. The Morgan fingerprint density at radius 1 is 1.09 bits per heavy atom. The summed E-state index contributed by atoms with van der Waals surface area (Å²) in [5, 5.41) is 2.79. The number of unbranched alkanes of at least 4 members (excludes halogenated alkanes) is 1. The van der Waals surface area contributed by atoms with E-state index in [2.05, 4.69) is 17.2 Å². The van der Waals surface area contributed by atoms with Gasteiger partial charge in [0.25, 0.3) is 5.91 Å². The summed E-state index contributed by atoms with van der Waals surface area (Å²) in [6, 6.07) is 12.7. The van der Waals surface area contributed by atoms with Crippen LogP contribution in [0.25, 0.3) is 10.2 Å². The molecule has 0 fully saturated rings. The van der Waals surface area contributed by atoms with Crippen LogP contribution in [0.15, 0.2) is 47.5 Å². The molecular weight excluding hydrogens is 426 g/mol. The number of benzene rings is 2. The number of ether oxygens (including phenoxy) is 2. The van der Waals surface area contributed by atoms with Crippen LogP contribution in [0, 0.1) is 0 Å². The number of carbonyl (C=O) groups is 2. The van der Waals surface area contributed by atoms with Crippen molar-refractivity contribution in [2.75, 3.05) is 25.1 Å². The number of carbonyl (C=O) groups excluding carboxylic acids is 2. The second kappa shape index (κ2) is 11.6. The zero-order chi connectivity index (χ0) is 22.9. The topological polar surface area (TPSA) is 81.9 Å². The van der Waals surface area contributed by atoms with Crippen LogP contribution in [0.4, 0.5) is 5.69 Å². The van der Waals surface area contributed by atoms with Crippen LogP contribution in [-0.4, -0.2) is 36.2 Å². The molecule has 7 nitrogen and oxygen atoms in total. The highest BCUT2D eigenvalue weighted by molar-refractivity contribution is 7.16. The molecule has 0 aliphatic heterocycles. The normalized spacial score (nSPS) is 11.7. The molecule has 1 N–H and O–H groups in total. The van der Waals surface area contributed by atoms with E-state index in [1.807, 2.05) is 29.7 Å². The monoisotopic (exact) mass is 455 g/mol. The molecule has 0 aliphatic carbocycles. The highest BCUT2D eigenvalue weighted by atomic mass is 32.1. The van der Waals surface area contributed by atoms with E-state index in [-0.39, 0.29) is 11.8 Å². The number of aromatic nitrogens is 1. The molecule has 2 aromatic carbocycles. The van der Waals surface area contributed by atoms with E-state index < -0.39 is 0 Å². The van der Waals surface area contributed by atoms with Gasteiger partial charge in [-0.1, -0.05) is 24.7 Å². The van der Waals surface area contributed by atoms with Crippen molar-refractivity contribution in [3.05, 3.63) is 52.8 Å². The first kappa shape index (κ1) is 23.7. The summed E-state index contributed by atoms with van der Waals surface area (Å²) in [6.07, 6.45) is 2.06. The van der Waals surface area contributed by atoms with E-state index in [1.54, 1.807) is 24.3 Å². The third-order valence-electron chi connectivity index (χ3n) is 4.73. The van der Waals surface area contributed by atoms with Crippen molar-refractivity contribution in [1.29, 1.82) is 0 Å². The van der Waals surface area contributed by atoms with Gasteiger partial charge in [-0.25, -0.2) is 0 Å². The van der Waals surface area contributed by atoms with Crippen molar-refractivity contribution < 1.29 is 19.1 Å². The zero-order valence-electron chi connectivity index (χ0n) is 18.7. The third kappa shape index (κ3) is 6.27. The van der Waals surface area contributed by atoms with Crippen LogP contribution < -0.4 is 14.9 Å². The van der Waals surface area contributed by atoms with E-state index >= 15 is 0 Å². The van der Waals surface area contributed by atoms with Gasteiger partial charge in [-0.15, -0.1) is 0 Å². The standard InChI is InChI=1S/C24H29N3O4S/c1-4-6-14-31-20-10-7-18(8-11-20)23(29)26-24-27(13-15-30-5-2)21-12-9-19(25-17(3)28)16-22(21)32-24/h7-12,16H,4-6,13-15H2,1-3H3,(H,25,28). The van der Waals surface area contributed by atoms with Gasteiger partial charge in [0.05, 0.1) is 23.4 Å². The Morgan fingerprint density at radius 3 is 2.56 bits per heavy atom. The van der Waals surface area contributed by atoms with Crippen LogP contribution in [0.5, 0.6) is 5.75 Å². The molecular formula is C24H29N3O4S. The number of anilines is 1. The van der Waals surface area contributed by atoms with Gasteiger partial charge in [-0.3, -0.25) is 9.59 Å². The smallest absolute Gasteiger partial charge is 0.279 e. The summed E-state index contributed by atoms with van der Waals surface area (Å²) < 4.78 is 14.1. The van der Waals surface area contributed by atoms with E-state index in [0.29, 0.717) is 42.4 Å². The van der Waals surface area contributed by atoms with Gasteiger partial charge in [-0.2, -0.15) is 4.99 Å². The van der Waals surface area contributed by atoms with Crippen LogP contribution in [0.3, 0.4) is 0 Å². The molecule has 0 saturated carbocycles. The molecule has 2 amide bonds. The number of rotatable bonds is 10. The van der Waals surface area contributed by atoms with Crippen LogP contribution in [-0.2, 0) is 16.1 Å². The van der Waals surface area contributed by atoms with Crippen molar-refractivity contribution in [3.8, 4) is 5.75 Å². The summed E-state index contributed by atoms with van der Waals surface area (Å²) in [5.41, 5.74) is 2.15. The van der Waals surface area contributed by atoms with Crippen molar-refractivity contribution in [2.45, 2.75) is 40.2 Å². The number of fused-ring (bicyclic) bond motifs is 1. The summed E-state index contributed by atoms with van der Waals surface area (Å²) in [6.45, 7) is 7.90. The average molecular weight is 456 g/mol. The molecule has 0 atom stereocenters. The summed E-state index contributed by atoms with van der Waals surface area (Å²) >= 11 is 1.41. The van der Waals surface area contributed by atoms with E-state index in [0.717, 1.165) is 28.8 Å². The first-order valence-electron chi connectivity index (χ1n) is 10.8. The van der Waals surface area contributed by atoms with Gasteiger partial charge < -0.3 is 19.4 Å². The average Bonchev–Trinajstić information content (AvgIpc) is 3.10. The van der Waals surface area contributed by atoms with Crippen molar-refractivity contribution in [1.82, 2.24) is 4.57 Å². The molecule has 0 radical (unpaired) electrons. The summed E-state index contributed by atoms with van der Waals surface area (Å²) in [4.78, 5) is 29.2. The number of nitrogens with zero attached hydrogens (tertiary/aromatic N) is 2. The lowest BCUT2D eigenvalue weighted by Crippen LogP contribution is -2.19. The van der Waals surface area contributed by atoms with Gasteiger partial charge in [-0.05, 0) is 55.8 Å². The Kier molecular flexibility index (Phi) is 8.58. The number of nitrogens with one attached hydrogen (secondary N) is 1. The summed E-state index contributed by atoms with van der Waals surface area (Å²) in [5.74, 6) is 0.297. The molecule has 1 heterocycles. The highest BCUT2D eigenvalue weighted by Crippen LogP contribution is 2.22. The predicted molar refractivity (Wildman–Crippen MR) is 127 cm³/mol. The fraction of sp³-hybridized carbons (Fsp3) is 0.375. The highest BCUT2D eigenvalue weighted by Gasteiger charge is 2.11. The fourth-order valence-corrected chi connectivity index (χ4v) is 4.23. The maximum atomic E-state index is 12.9. The van der Waals surface area contributed by atoms with E-state index in [4.69, 9.17) is 9.47 Å². The first-order valence-corrected chi connectivity index (χ1v) is 11.6. The Hall–Kier alpha value is -2.97. The lowest BCUT2D eigenvalue weighted by Gasteiger charge is -2.07. The molecule has 0 saturated heterocycles. The van der Waals surface area contributed by atoms with Gasteiger partial charge in [0, 0.05) is 31.3 Å². The SMILES string of the molecule is CCCCOc1ccc(C(=O)N=c2sc3cc(NC(C)=O)ccc3n2CCOCC)cc1. The number of thiazole rings is 1. The Bertz CT molecular complexity index is 1130. The molecule has 170 valence electrons. The van der Waals surface area contributed by atoms with Crippen LogP contribution in [0.2, 0.25) is 0 Å². The predicted octanol–water partition coefficient (Wildman–Crippen LogP) is 4.62. The Balaban J connectivity index is 1.91. The lowest BCUT2D eigenvalue weighted by atomic mass is 10.2. The van der Waals surface area contributed by atoms with Crippen LogP contribution >= 0.6 is 11.3 Å². The number of hydrogen-bond acceptors (Lipinski definition) is 5. The van der Waals surface area contributed by atoms with E-state index in [1.165, 1.54) is 18.3 Å². The molecule has 3 aromatic rings. The Morgan fingerprint density at radius 2 is 1.88 bits per heavy atom. The number of amides is 2. The molecule has 3 rings (SSSR count).